The molecule has 5 aromatic rings. The number of hydrogen-bond acceptors (Lipinski definition) is 5. The third-order valence-electron chi connectivity index (χ3n) is 6.63. The SMILES string of the molecule is CCc1noc(NC(=O)c2ccc(NC(=O)c3cc(-c4ccccc4Cl)nc4c(C)cc(C)cc34)cc2)c1C. The summed E-state index contributed by atoms with van der Waals surface area (Å²) in [5.74, 6) is -0.286. The van der Waals surface area contributed by atoms with Crippen molar-refractivity contribution < 1.29 is 14.1 Å². The molecular weight excluding hydrogens is 512 g/mol. The molecule has 0 saturated heterocycles. The average molecular weight is 539 g/mol. The zero-order chi connectivity index (χ0) is 27.7. The van der Waals surface area contributed by atoms with E-state index >= 15 is 0 Å². The van der Waals surface area contributed by atoms with Crippen molar-refractivity contribution in [2.75, 3.05) is 10.6 Å². The number of nitrogens with one attached hydrogen (secondary N) is 2. The van der Waals surface area contributed by atoms with Crippen molar-refractivity contribution in [1.29, 1.82) is 0 Å². The summed E-state index contributed by atoms with van der Waals surface area (Å²) in [5.41, 5.74) is 7.17. The fraction of sp³-hybridized carbons (Fsp3) is 0.161. The van der Waals surface area contributed by atoms with Gasteiger partial charge < -0.3 is 9.84 Å². The Morgan fingerprint density at radius 2 is 1.67 bits per heavy atom. The largest absolute Gasteiger partial charge is 0.338 e. The van der Waals surface area contributed by atoms with Crippen LogP contribution in [0.5, 0.6) is 0 Å². The van der Waals surface area contributed by atoms with E-state index in [1.165, 1.54) is 0 Å². The van der Waals surface area contributed by atoms with E-state index in [0.29, 0.717) is 39.8 Å². The van der Waals surface area contributed by atoms with Gasteiger partial charge in [-0.25, -0.2) is 4.98 Å². The molecule has 0 spiro atoms. The summed E-state index contributed by atoms with van der Waals surface area (Å²) in [4.78, 5) is 31.2. The van der Waals surface area contributed by atoms with Crippen LogP contribution in [-0.4, -0.2) is 22.0 Å². The Morgan fingerprint density at radius 3 is 2.36 bits per heavy atom. The van der Waals surface area contributed by atoms with Crippen LogP contribution >= 0.6 is 11.6 Å². The number of carbonyl (C=O) groups is 2. The lowest BCUT2D eigenvalue weighted by atomic mass is 9.99. The first kappa shape index (κ1) is 26.1. The number of pyridine rings is 1. The topological polar surface area (TPSA) is 97.1 Å². The fourth-order valence-corrected chi connectivity index (χ4v) is 4.80. The molecule has 39 heavy (non-hydrogen) atoms. The molecule has 0 radical (unpaired) electrons. The molecule has 8 heteroatoms. The Bertz CT molecular complexity index is 1720. The first-order valence-corrected chi connectivity index (χ1v) is 13.0. The van der Waals surface area contributed by atoms with Crippen LogP contribution in [-0.2, 0) is 6.42 Å². The molecule has 0 saturated carbocycles. The highest BCUT2D eigenvalue weighted by atomic mass is 35.5. The van der Waals surface area contributed by atoms with Gasteiger partial charge in [0.15, 0.2) is 0 Å². The van der Waals surface area contributed by atoms with Crippen molar-refractivity contribution in [2.45, 2.75) is 34.1 Å². The summed E-state index contributed by atoms with van der Waals surface area (Å²) >= 11 is 6.46. The van der Waals surface area contributed by atoms with Gasteiger partial charge in [-0.2, -0.15) is 0 Å². The smallest absolute Gasteiger partial charge is 0.258 e. The summed E-state index contributed by atoms with van der Waals surface area (Å²) in [6.07, 6.45) is 0.714. The molecule has 0 bridgehead atoms. The lowest BCUT2D eigenvalue weighted by molar-refractivity contribution is 0.101. The van der Waals surface area contributed by atoms with Crippen LogP contribution in [0.2, 0.25) is 5.02 Å². The molecule has 0 aliphatic carbocycles. The van der Waals surface area contributed by atoms with Crippen molar-refractivity contribution >= 4 is 45.9 Å². The third kappa shape index (κ3) is 5.26. The van der Waals surface area contributed by atoms with Crippen LogP contribution in [0.3, 0.4) is 0 Å². The number of rotatable bonds is 6. The zero-order valence-electron chi connectivity index (χ0n) is 22.1. The number of halogens is 1. The highest BCUT2D eigenvalue weighted by molar-refractivity contribution is 6.33. The molecule has 2 aromatic heterocycles. The van der Waals surface area contributed by atoms with Gasteiger partial charge in [0.1, 0.15) is 0 Å². The Labute approximate surface area is 231 Å². The van der Waals surface area contributed by atoms with Crippen LogP contribution in [0, 0.1) is 20.8 Å². The van der Waals surface area contributed by atoms with Crippen molar-refractivity contribution in [2.24, 2.45) is 0 Å². The van der Waals surface area contributed by atoms with E-state index in [2.05, 4.69) is 15.8 Å². The first-order valence-electron chi connectivity index (χ1n) is 12.6. The fourth-order valence-electron chi connectivity index (χ4n) is 4.57. The maximum absolute atomic E-state index is 13.6. The summed E-state index contributed by atoms with van der Waals surface area (Å²) < 4.78 is 5.25. The highest BCUT2D eigenvalue weighted by Crippen LogP contribution is 2.32. The minimum Gasteiger partial charge on any atom is -0.338 e. The summed E-state index contributed by atoms with van der Waals surface area (Å²) in [5, 5.41) is 11.0. The number of fused-ring (bicyclic) bond motifs is 1. The molecule has 2 heterocycles. The van der Waals surface area contributed by atoms with Gasteiger partial charge in [0.25, 0.3) is 11.8 Å². The van der Waals surface area contributed by atoms with Crippen molar-refractivity contribution in [1.82, 2.24) is 10.1 Å². The second kappa shape index (κ2) is 10.7. The maximum atomic E-state index is 13.6. The minimum atomic E-state index is -0.328. The summed E-state index contributed by atoms with van der Waals surface area (Å²) in [7, 11) is 0. The lowest BCUT2D eigenvalue weighted by Crippen LogP contribution is -2.15. The molecule has 0 unspecified atom stereocenters. The minimum absolute atomic E-state index is 0.290. The molecule has 7 nitrogen and oxygen atoms in total. The summed E-state index contributed by atoms with van der Waals surface area (Å²) in [6, 6.07) is 19.9. The van der Waals surface area contributed by atoms with Gasteiger partial charge in [0, 0.05) is 32.8 Å². The number of carbonyl (C=O) groups excluding carboxylic acids is 2. The Balaban J connectivity index is 1.43. The molecule has 3 aromatic carbocycles. The molecule has 2 N–H and O–H groups in total. The second-order valence-electron chi connectivity index (χ2n) is 9.44. The van der Waals surface area contributed by atoms with E-state index < -0.39 is 0 Å². The van der Waals surface area contributed by atoms with Crippen LogP contribution in [0.1, 0.15) is 50.0 Å². The number of nitrogens with zero attached hydrogens (tertiary/aromatic N) is 2. The maximum Gasteiger partial charge on any atom is 0.258 e. The van der Waals surface area contributed by atoms with Gasteiger partial charge in [-0.05, 0) is 75.2 Å². The molecule has 2 amide bonds. The number of benzene rings is 3. The van der Waals surface area contributed by atoms with Crippen molar-refractivity contribution in [3.63, 3.8) is 0 Å². The first-order chi connectivity index (χ1) is 18.7. The molecule has 0 fully saturated rings. The van der Waals surface area contributed by atoms with Crippen LogP contribution in [0.4, 0.5) is 11.6 Å². The predicted molar refractivity (Wildman–Crippen MR) is 155 cm³/mol. The number of hydrogen-bond donors (Lipinski definition) is 2. The summed E-state index contributed by atoms with van der Waals surface area (Å²) in [6.45, 7) is 7.79. The quantitative estimate of drug-likeness (QED) is 0.233. The van der Waals surface area contributed by atoms with Gasteiger partial charge in [0.05, 0.1) is 22.5 Å². The highest BCUT2D eigenvalue weighted by Gasteiger charge is 2.18. The van der Waals surface area contributed by atoms with Gasteiger partial charge >= 0.3 is 0 Å². The van der Waals surface area contributed by atoms with Gasteiger partial charge in [-0.3, -0.25) is 14.9 Å². The van der Waals surface area contributed by atoms with E-state index in [1.54, 1.807) is 36.4 Å². The molecule has 0 aliphatic rings. The second-order valence-corrected chi connectivity index (χ2v) is 9.84. The van der Waals surface area contributed by atoms with Gasteiger partial charge in [-0.1, -0.05) is 53.5 Å². The molecule has 5 rings (SSSR count). The molecule has 196 valence electrons. The standard InChI is InChI=1S/C31H27ClN4O3/c1-5-26-19(4)31(39-36-26)35-29(37)20-10-12-21(13-11-20)33-30(38)24-16-27(22-8-6-7-9-25(22)32)34-28-18(3)14-17(2)15-23(24)28/h6-16H,5H2,1-4H3,(H,33,38)(H,35,37). The zero-order valence-corrected chi connectivity index (χ0v) is 22.8. The average Bonchev–Trinajstić information content (AvgIpc) is 3.27. The number of aromatic nitrogens is 2. The van der Waals surface area contributed by atoms with E-state index in [0.717, 1.165) is 38.9 Å². The van der Waals surface area contributed by atoms with Crippen LogP contribution < -0.4 is 10.6 Å². The molecule has 0 atom stereocenters. The van der Waals surface area contributed by atoms with E-state index in [1.807, 2.05) is 58.0 Å². The number of amides is 2. The van der Waals surface area contributed by atoms with E-state index in [4.69, 9.17) is 21.1 Å². The van der Waals surface area contributed by atoms with E-state index in [-0.39, 0.29) is 11.8 Å². The van der Waals surface area contributed by atoms with Crippen molar-refractivity contribution in [3.05, 3.63) is 105 Å². The monoisotopic (exact) mass is 538 g/mol. The Morgan fingerprint density at radius 1 is 0.923 bits per heavy atom. The predicted octanol–water partition coefficient (Wildman–Crippen LogP) is 7.54. The molecule has 0 aliphatic heterocycles. The third-order valence-corrected chi connectivity index (χ3v) is 6.96. The number of anilines is 2. The number of aryl methyl sites for hydroxylation is 3. The normalized spacial score (nSPS) is 11.0. The van der Waals surface area contributed by atoms with E-state index in [9.17, 15) is 9.59 Å². The Hall–Kier alpha value is -4.49. The van der Waals surface area contributed by atoms with Gasteiger partial charge in [-0.15, -0.1) is 0 Å². The Kier molecular flexibility index (Phi) is 7.17. The van der Waals surface area contributed by atoms with Crippen LogP contribution in [0.25, 0.3) is 22.2 Å². The lowest BCUT2D eigenvalue weighted by Gasteiger charge is -2.14. The van der Waals surface area contributed by atoms with Gasteiger partial charge in [0.2, 0.25) is 5.88 Å². The molecular formula is C31H27ClN4O3. The van der Waals surface area contributed by atoms with Crippen molar-refractivity contribution in [3.8, 4) is 11.3 Å². The van der Waals surface area contributed by atoms with Crippen LogP contribution in [0.15, 0.2) is 71.3 Å².